The first-order valence-electron chi connectivity index (χ1n) is 5.62. The van der Waals surface area contributed by atoms with Gasteiger partial charge in [-0.25, -0.2) is 0 Å². The first kappa shape index (κ1) is 12.5. The Bertz CT molecular complexity index is 220. The minimum Gasteiger partial charge on any atom is -0.369 e. The van der Waals surface area contributed by atoms with Crippen molar-refractivity contribution < 1.29 is 4.79 Å². The minimum atomic E-state index is -0.372. The van der Waals surface area contributed by atoms with Gasteiger partial charge in [0.05, 0.1) is 0 Å². The number of hydrogen-bond acceptors (Lipinski definition) is 3. The monoisotopic (exact) mass is 213 g/mol. The third-order valence-electron chi connectivity index (χ3n) is 3.32. The Hall–Kier alpha value is -0.610. The fourth-order valence-electron chi connectivity index (χ4n) is 1.63. The lowest BCUT2D eigenvalue weighted by Gasteiger charge is -2.34. The Morgan fingerprint density at radius 2 is 1.80 bits per heavy atom. The summed E-state index contributed by atoms with van der Waals surface area (Å²) in [5, 5.41) is 0. The molecule has 0 aromatic rings. The van der Waals surface area contributed by atoms with E-state index in [1.54, 1.807) is 0 Å². The van der Waals surface area contributed by atoms with Crippen LogP contribution in [0.1, 0.15) is 20.3 Å². The first-order valence-corrected chi connectivity index (χ1v) is 5.62. The highest BCUT2D eigenvalue weighted by Gasteiger charge is 2.26. The van der Waals surface area contributed by atoms with Crippen molar-refractivity contribution in [3.63, 3.8) is 0 Å². The Morgan fingerprint density at radius 3 is 2.27 bits per heavy atom. The maximum atomic E-state index is 11.1. The number of hydrogen-bond donors (Lipinski definition) is 1. The second-order valence-electron chi connectivity index (χ2n) is 5.14. The summed E-state index contributed by atoms with van der Waals surface area (Å²) in [5.74, 6) is -0.198. The van der Waals surface area contributed by atoms with Gasteiger partial charge in [0.1, 0.15) is 0 Å². The molecule has 1 aliphatic rings. The number of likely N-dealkylation sites (N-methyl/N-ethyl adjacent to an activating group) is 1. The van der Waals surface area contributed by atoms with Gasteiger partial charge in [0.15, 0.2) is 0 Å². The molecular formula is C11H23N3O. The predicted molar refractivity (Wildman–Crippen MR) is 61.5 cm³/mol. The van der Waals surface area contributed by atoms with Crippen LogP contribution >= 0.6 is 0 Å². The number of piperazine rings is 1. The van der Waals surface area contributed by atoms with Gasteiger partial charge in [-0.3, -0.25) is 4.79 Å². The molecule has 0 aliphatic carbocycles. The van der Waals surface area contributed by atoms with Crippen molar-refractivity contribution in [1.82, 2.24) is 9.80 Å². The van der Waals surface area contributed by atoms with Crippen LogP contribution in [0.3, 0.4) is 0 Å². The van der Waals surface area contributed by atoms with Gasteiger partial charge in [-0.2, -0.15) is 0 Å². The molecule has 4 nitrogen and oxygen atoms in total. The first-order chi connectivity index (χ1) is 6.92. The molecule has 0 atom stereocenters. The van der Waals surface area contributed by atoms with Gasteiger partial charge in [-0.15, -0.1) is 0 Å². The van der Waals surface area contributed by atoms with Crippen molar-refractivity contribution in [3.8, 4) is 0 Å². The van der Waals surface area contributed by atoms with E-state index in [1.807, 2.05) is 13.8 Å². The van der Waals surface area contributed by atoms with E-state index in [2.05, 4.69) is 16.8 Å². The lowest BCUT2D eigenvalue weighted by molar-refractivity contribution is -0.126. The zero-order chi connectivity index (χ0) is 11.5. The Labute approximate surface area is 92.4 Å². The van der Waals surface area contributed by atoms with E-state index in [-0.39, 0.29) is 11.3 Å². The molecule has 1 aliphatic heterocycles. The SMILES string of the molecule is CN1CCN(CCC(C)(C)C(N)=O)CC1. The predicted octanol–water partition coefficient (Wildman–Crippen LogP) is 0.135. The fraction of sp³-hybridized carbons (Fsp3) is 0.909. The molecule has 1 saturated heterocycles. The second kappa shape index (κ2) is 4.94. The molecule has 1 fully saturated rings. The highest BCUT2D eigenvalue weighted by molar-refractivity contribution is 5.79. The van der Waals surface area contributed by atoms with Crippen LogP contribution in [0.4, 0.5) is 0 Å². The average Bonchev–Trinajstić information content (AvgIpc) is 2.17. The maximum Gasteiger partial charge on any atom is 0.223 e. The molecule has 88 valence electrons. The van der Waals surface area contributed by atoms with E-state index in [0.29, 0.717) is 0 Å². The Morgan fingerprint density at radius 1 is 1.27 bits per heavy atom. The summed E-state index contributed by atoms with van der Waals surface area (Å²) in [6, 6.07) is 0. The molecule has 0 spiro atoms. The van der Waals surface area contributed by atoms with Gasteiger partial charge in [-0.1, -0.05) is 13.8 Å². The highest BCUT2D eigenvalue weighted by Crippen LogP contribution is 2.20. The minimum absolute atomic E-state index is 0.198. The summed E-state index contributed by atoms with van der Waals surface area (Å²) >= 11 is 0. The molecule has 0 unspecified atom stereocenters. The summed E-state index contributed by atoms with van der Waals surface area (Å²) in [5.41, 5.74) is 4.97. The van der Waals surface area contributed by atoms with E-state index in [4.69, 9.17) is 5.73 Å². The van der Waals surface area contributed by atoms with Crippen LogP contribution in [0, 0.1) is 5.41 Å². The Balaban J connectivity index is 2.28. The molecule has 0 radical (unpaired) electrons. The van der Waals surface area contributed by atoms with Crippen LogP contribution in [0.25, 0.3) is 0 Å². The summed E-state index contributed by atoms with van der Waals surface area (Å²) in [7, 11) is 2.14. The van der Waals surface area contributed by atoms with Crippen LogP contribution in [0.15, 0.2) is 0 Å². The highest BCUT2D eigenvalue weighted by atomic mass is 16.1. The quantitative estimate of drug-likeness (QED) is 0.722. The normalized spacial score (nSPS) is 20.5. The van der Waals surface area contributed by atoms with Crippen molar-refractivity contribution in [3.05, 3.63) is 0 Å². The third-order valence-corrected chi connectivity index (χ3v) is 3.32. The largest absolute Gasteiger partial charge is 0.369 e. The summed E-state index contributed by atoms with van der Waals surface area (Å²) in [6.45, 7) is 9.27. The number of nitrogens with zero attached hydrogens (tertiary/aromatic N) is 2. The molecule has 1 heterocycles. The lowest BCUT2D eigenvalue weighted by Crippen LogP contribution is -2.46. The lowest BCUT2D eigenvalue weighted by atomic mass is 9.88. The summed E-state index contributed by atoms with van der Waals surface area (Å²) < 4.78 is 0. The average molecular weight is 213 g/mol. The van der Waals surface area contributed by atoms with Gasteiger partial charge in [-0.05, 0) is 20.0 Å². The van der Waals surface area contributed by atoms with E-state index >= 15 is 0 Å². The van der Waals surface area contributed by atoms with Crippen molar-refractivity contribution in [2.24, 2.45) is 11.1 Å². The van der Waals surface area contributed by atoms with Crippen molar-refractivity contribution in [2.45, 2.75) is 20.3 Å². The topological polar surface area (TPSA) is 49.6 Å². The van der Waals surface area contributed by atoms with Gasteiger partial charge >= 0.3 is 0 Å². The van der Waals surface area contributed by atoms with Crippen molar-refractivity contribution in [1.29, 1.82) is 0 Å². The van der Waals surface area contributed by atoms with Crippen LogP contribution in [0.2, 0.25) is 0 Å². The molecule has 2 N–H and O–H groups in total. The van der Waals surface area contributed by atoms with Crippen molar-refractivity contribution >= 4 is 5.91 Å². The second-order valence-corrected chi connectivity index (χ2v) is 5.14. The Kier molecular flexibility index (Phi) is 4.11. The van der Waals surface area contributed by atoms with E-state index < -0.39 is 0 Å². The van der Waals surface area contributed by atoms with Crippen LogP contribution in [-0.2, 0) is 4.79 Å². The zero-order valence-electron chi connectivity index (χ0n) is 10.1. The van der Waals surface area contributed by atoms with E-state index in [9.17, 15) is 4.79 Å². The standard InChI is InChI=1S/C11H23N3O/c1-11(2,10(12)15)4-5-14-8-6-13(3)7-9-14/h4-9H2,1-3H3,(H2,12,15). The number of nitrogens with two attached hydrogens (primary N) is 1. The van der Waals surface area contributed by atoms with Gasteiger partial charge in [0.2, 0.25) is 5.91 Å². The molecular weight excluding hydrogens is 190 g/mol. The molecule has 0 aromatic heterocycles. The fourth-order valence-corrected chi connectivity index (χ4v) is 1.63. The number of amides is 1. The molecule has 4 heteroatoms. The van der Waals surface area contributed by atoms with Gasteiger partial charge in [0, 0.05) is 31.6 Å². The number of primary amides is 1. The van der Waals surface area contributed by atoms with Crippen molar-refractivity contribution in [2.75, 3.05) is 39.8 Å². The summed E-state index contributed by atoms with van der Waals surface area (Å²) in [4.78, 5) is 15.9. The molecule has 0 saturated carbocycles. The van der Waals surface area contributed by atoms with Crippen LogP contribution in [-0.4, -0.2) is 55.5 Å². The smallest absolute Gasteiger partial charge is 0.223 e. The number of rotatable bonds is 4. The van der Waals surface area contributed by atoms with Gasteiger partial charge in [0.25, 0.3) is 0 Å². The molecule has 1 rings (SSSR count). The molecule has 1 amide bonds. The third kappa shape index (κ3) is 3.80. The maximum absolute atomic E-state index is 11.1. The van der Waals surface area contributed by atoms with Crippen LogP contribution < -0.4 is 5.73 Å². The van der Waals surface area contributed by atoms with Gasteiger partial charge < -0.3 is 15.5 Å². The zero-order valence-corrected chi connectivity index (χ0v) is 10.1. The number of carbonyl (C=O) groups is 1. The molecule has 0 aromatic carbocycles. The number of carbonyl (C=O) groups excluding carboxylic acids is 1. The molecule has 15 heavy (non-hydrogen) atoms. The summed E-state index contributed by atoms with van der Waals surface area (Å²) in [6.07, 6.45) is 0.853. The van der Waals surface area contributed by atoms with E-state index in [1.165, 1.54) is 0 Å². The molecule has 0 bridgehead atoms. The van der Waals surface area contributed by atoms with E-state index in [0.717, 1.165) is 39.1 Å². The van der Waals surface area contributed by atoms with Crippen LogP contribution in [0.5, 0.6) is 0 Å².